The number of carbonyl (C=O) groups excluding carboxylic acids is 1. The third kappa shape index (κ3) is 5.52. The zero-order valence-corrected chi connectivity index (χ0v) is 18.6. The van der Waals surface area contributed by atoms with Gasteiger partial charge in [-0.15, -0.1) is 0 Å². The van der Waals surface area contributed by atoms with Gasteiger partial charge in [0, 0.05) is 12.6 Å². The Morgan fingerprint density at radius 1 is 1.00 bits per heavy atom. The summed E-state index contributed by atoms with van der Waals surface area (Å²) >= 11 is 0. The Kier molecular flexibility index (Phi) is 6.93. The molecule has 0 aliphatic carbocycles. The van der Waals surface area contributed by atoms with Crippen molar-refractivity contribution in [3.8, 4) is 6.07 Å². The highest BCUT2D eigenvalue weighted by molar-refractivity contribution is 7.89. The van der Waals surface area contributed by atoms with E-state index in [-0.39, 0.29) is 29.3 Å². The van der Waals surface area contributed by atoms with E-state index in [1.807, 2.05) is 38.1 Å². The highest BCUT2D eigenvalue weighted by Crippen LogP contribution is 2.23. The fourth-order valence-electron chi connectivity index (χ4n) is 3.01. The molecule has 0 unspecified atom stereocenters. The van der Waals surface area contributed by atoms with Crippen molar-refractivity contribution in [1.82, 2.24) is 4.31 Å². The van der Waals surface area contributed by atoms with Gasteiger partial charge in [0.2, 0.25) is 10.0 Å². The lowest BCUT2D eigenvalue weighted by Gasteiger charge is -2.21. The summed E-state index contributed by atoms with van der Waals surface area (Å²) < 4.78 is 33.8. The van der Waals surface area contributed by atoms with Gasteiger partial charge in [0.15, 0.2) is 0 Å². The molecule has 32 heavy (non-hydrogen) atoms. The first-order valence-corrected chi connectivity index (χ1v) is 11.3. The van der Waals surface area contributed by atoms with Crippen LogP contribution in [0.25, 0.3) is 6.08 Å². The molecule has 0 aliphatic rings. The molecule has 0 bridgehead atoms. The highest BCUT2D eigenvalue weighted by atomic mass is 32.2. The quantitative estimate of drug-likeness (QED) is 0.416. The van der Waals surface area contributed by atoms with Crippen molar-refractivity contribution in [2.45, 2.75) is 31.8 Å². The zero-order chi connectivity index (χ0) is 23.3. The van der Waals surface area contributed by atoms with Gasteiger partial charge in [-0.1, -0.05) is 47.5 Å². The molecule has 0 atom stereocenters. The van der Waals surface area contributed by atoms with Crippen molar-refractivity contribution in [1.29, 1.82) is 5.26 Å². The largest absolute Gasteiger partial charge is 0.460 e. The Morgan fingerprint density at radius 2 is 1.59 bits per heavy atom. The van der Waals surface area contributed by atoms with Crippen LogP contribution in [-0.4, -0.2) is 18.6 Å². The number of hydrogen-bond donors (Lipinski definition) is 1. The lowest BCUT2D eigenvalue weighted by Crippen LogP contribution is -2.30. The van der Waals surface area contributed by atoms with Crippen LogP contribution in [0.15, 0.2) is 75.5 Å². The van der Waals surface area contributed by atoms with Crippen molar-refractivity contribution < 1.29 is 17.6 Å². The average molecular weight is 450 g/mol. The second-order valence-corrected chi connectivity index (χ2v) is 9.35. The topological polar surface area (TPSA) is 117 Å². The van der Waals surface area contributed by atoms with E-state index >= 15 is 0 Å². The van der Waals surface area contributed by atoms with Gasteiger partial charge in [-0.2, -0.15) is 9.57 Å². The van der Waals surface area contributed by atoms with Crippen LogP contribution in [0.2, 0.25) is 0 Å². The van der Waals surface area contributed by atoms with Crippen molar-refractivity contribution in [2.75, 3.05) is 0 Å². The Balaban J connectivity index is 1.94. The van der Waals surface area contributed by atoms with Crippen molar-refractivity contribution in [2.24, 2.45) is 5.73 Å². The minimum atomic E-state index is -3.82. The number of aryl methyl sites for hydroxylation is 2. The normalized spacial score (nSPS) is 12.0. The summed E-state index contributed by atoms with van der Waals surface area (Å²) in [4.78, 5) is 11.4. The standard InChI is InChI=1S/C24H23N3O4S/c1-17-3-7-19(8-4-17)15-27(32(29,30)23-11-5-18(2)6-12-23)16-22-10-9-21(31-22)13-20(14-25)24(26)28/h3-13H,15-16H2,1-2H3,(H2,26,28)/b20-13-. The van der Waals surface area contributed by atoms with Gasteiger partial charge < -0.3 is 10.2 Å². The molecular weight excluding hydrogens is 426 g/mol. The van der Waals surface area contributed by atoms with Crippen LogP contribution in [0, 0.1) is 25.2 Å². The molecular formula is C24H23N3O4S. The molecule has 0 radical (unpaired) electrons. The first kappa shape index (κ1) is 23.0. The molecule has 0 spiro atoms. The number of sulfonamides is 1. The molecule has 2 N–H and O–H groups in total. The number of furan rings is 1. The summed E-state index contributed by atoms with van der Waals surface area (Å²) in [6.45, 7) is 3.97. The average Bonchev–Trinajstić information content (AvgIpc) is 3.20. The fraction of sp³-hybridized carbons (Fsp3) is 0.167. The lowest BCUT2D eigenvalue weighted by atomic mass is 10.1. The molecule has 0 saturated heterocycles. The number of benzene rings is 2. The van der Waals surface area contributed by atoms with Gasteiger partial charge >= 0.3 is 0 Å². The van der Waals surface area contributed by atoms with Crippen LogP contribution in [0.5, 0.6) is 0 Å². The van der Waals surface area contributed by atoms with Gasteiger partial charge in [0.1, 0.15) is 23.2 Å². The van der Waals surface area contributed by atoms with Crippen molar-refractivity contribution in [3.05, 3.63) is 94.4 Å². The molecule has 2 aromatic carbocycles. The van der Waals surface area contributed by atoms with E-state index in [0.717, 1.165) is 16.7 Å². The first-order valence-electron chi connectivity index (χ1n) is 9.82. The third-order valence-electron chi connectivity index (χ3n) is 4.83. The van der Waals surface area contributed by atoms with Gasteiger partial charge in [-0.25, -0.2) is 8.42 Å². The minimum absolute atomic E-state index is 0.0314. The van der Waals surface area contributed by atoms with E-state index in [1.54, 1.807) is 42.5 Å². The first-order chi connectivity index (χ1) is 15.2. The molecule has 7 nitrogen and oxygen atoms in total. The van der Waals surface area contributed by atoms with E-state index in [2.05, 4.69) is 0 Å². The summed E-state index contributed by atoms with van der Waals surface area (Å²) in [5, 5.41) is 9.00. The predicted octanol–water partition coefficient (Wildman–Crippen LogP) is 3.68. The van der Waals surface area contributed by atoms with Crippen LogP contribution in [0.3, 0.4) is 0 Å². The molecule has 164 valence electrons. The lowest BCUT2D eigenvalue weighted by molar-refractivity contribution is -0.114. The van der Waals surface area contributed by atoms with Crippen LogP contribution in [0.1, 0.15) is 28.2 Å². The van der Waals surface area contributed by atoms with Crippen LogP contribution in [0.4, 0.5) is 0 Å². The summed E-state index contributed by atoms with van der Waals surface area (Å²) in [5.41, 5.74) is 7.76. The monoisotopic (exact) mass is 449 g/mol. The van der Waals surface area contributed by atoms with Crippen molar-refractivity contribution in [3.63, 3.8) is 0 Å². The second kappa shape index (κ2) is 9.64. The number of nitrogens with zero attached hydrogens (tertiary/aromatic N) is 2. The molecule has 1 aromatic heterocycles. The molecule has 3 aromatic rings. The van der Waals surface area contributed by atoms with Crippen LogP contribution < -0.4 is 5.73 Å². The molecule has 0 fully saturated rings. The van der Waals surface area contributed by atoms with E-state index in [0.29, 0.717) is 5.76 Å². The number of carbonyl (C=O) groups is 1. The smallest absolute Gasteiger partial charge is 0.259 e. The number of rotatable bonds is 8. The number of amides is 1. The van der Waals surface area contributed by atoms with E-state index < -0.39 is 15.9 Å². The minimum Gasteiger partial charge on any atom is -0.460 e. The number of nitrogens with two attached hydrogens (primary N) is 1. The summed E-state index contributed by atoms with van der Waals surface area (Å²) in [6, 6.07) is 19.1. The second-order valence-electron chi connectivity index (χ2n) is 7.41. The number of primary amides is 1. The van der Waals surface area contributed by atoms with Gasteiger partial charge in [0.05, 0.1) is 11.4 Å². The molecule has 0 aliphatic heterocycles. The fourth-order valence-corrected chi connectivity index (χ4v) is 4.41. The summed E-state index contributed by atoms with van der Waals surface area (Å²) in [7, 11) is -3.82. The molecule has 3 rings (SSSR count). The SMILES string of the molecule is Cc1ccc(CN(Cc2ccc(/C=C(/C#N)C(N)=O)o2)S(=O)(=O)c2ccc(C)cc2)cc1. The number of nitriles is 1. The van der Waals surface area contributed by atoms with Crippen molar-refractivity contribution >= 4 is 22.0 Å². The van der Waals surface area contributed by atoms with Gasteiger partial charge in [0.25, 0.3) is 5.91 Å². The van der Waals surface area contributed by atoms with E-state index in [4.69, 9.17) is 15.4 Å². The predicted molar refractivity (Wildman–Crippen MR) is 120 cm³/mol. The van der Waals surface area contributed by atoms with E-state index in [9.17, 15) is 13.2 Å². The van der Waals surface area contributed by atoms with Gasteiger partial charge in [-0.3, -0.25) is 4.79 Å². The summed E-state index contributed by atoms with van der Waals surface area (Å²) in [6.07, 6.45) is 1.23. The van der Waals surface area contributed by atoms with Crippen LogP contribution >= 0.6 is 0 Å². The third-order valence-corrected chi connectivity index (χ3v) is 6.63. The van der Waals surface area contributed by atoms with E-state index in [1.165, 1.54) is 10.4 Å². The zero-order valence-electron chi connectivity index (χ0n) is 17.8. The van der Waals surface area contributed by atoms with Crippen LogP contribution in [-0.2, 0) is 27.9 Å². The Labute approximate surface area is 187 Å². The Bertz CT molecular complexity index is 1280. The molecule has 1 heterocycles. The molecule has 0 saturated carbocycles. The van der Waals surface area contributed by atoms with Gasteiger partial charge in [-0.05, 0) is 43.7 Å². The maximum atomic E-state index is 13.4. The highest BCUT2D eigenvalue weighted by Gasteiger charge is 2.26. The maximum absolute atomic E-state index is 13.4. The Hall–Kier alpha value is -3.67. The Morgan fingerprint density at radius 3 is 2.16 bits per heavy atom. The summed E-state index contributed by atoms with van der Waals surface area (Å²) in [5.74, 6) is -0.271. The maximum Gasteiger partial charge on any atom is 0.259 e. The number of hydrogen-bond acceptors (Lipinski definition) is 5. The molecule has 8 heteroatoms. The molecule has 1 amide bonds.